The van der Waals surface area contributed by atoms with Crippen molar-refractivity contribution in [2.75, 3.05) is 26.0 Å². The number of ether oxygens (including phenoxy) is 1. The van der Waals surface area contributed by atoms with Crippen molar-refractivity contribution in [3.05, 3.63) is 59.1 Å². The molecule has 2 N–H and O–H groups in total. The van der Waals surface area contributed by atoms with E-state index in [4.69, 9.17) is 22.1 Å². The lowest BCUT2D eigenvalue weighted by Gasteiger charge is -2.19. The zero-order valence-corrected chi connectivity index (χ0v) is 15.3. The fraction of sp³-hybridized carbons (Fsp3) is 0.222. The largest absolute Gasteiger partial charge is 0.492 e. The summed E-state index contributed by atoms with van der Waals surface area (Å²) in [6.45, 7) is 0.788. The van der Waals surface area contributed by atoms with Crippen LogP contribution in [-0.2, 0) is 4.79 Å². The van der Waals surface area contributed by atoms with Crippen molar-refractivity contribution in [2.45, 2.75) is 4.90 Å². The van der Waals surface area contributed by atoms with E-state index in [1.54, 1.807) is 54.4 Å². The van der Waals surface area contributed by atoms with Crippen LogP contribution in [-0.4, -0.2) is 42.7 Å². The van der Waals surface area contributed by atoms with Gasteiger partial charge in [0.2, 0.25) is 5.91 Å². The van der Waals surface area contributed by atoms with Crippen molar-refractivity contribution in [3.8, 4) is 5.75 Å². The molecule has 0 unspecified atom stereocenters. The lowest BCUT2D eigenvalue weighted by molar-refractivity contribution is -0.115. The molecular weight excluding hydrogens is 360 g/mol. The zero-order chi connectivity index (χ0) is 18.2. The molecule has 2 aromatic rings. The van der Waals surface area contributed by atoms with Gasteiger partial charge in [0.25, 0.3) is 5.91 Å². The number of thioether (sulfide) groups is 1. The third-order valence-electron chi connectivity index (χ3n) is 3.34. The topological polar surface area (TPSA) is 72.6 Å². The van der Waals surface area contributed by atoms with Crippen LogP contribution in [0.15, 0.2) is 53.4 Å². The van der Waals surface area contributed by atoms with Gasteiger partial charge >= 0.3 is 0 Å². The molecule has 7 heteroatoms. The highest BCUT2D eigenvalue weighted by molar-refractivity contribution is 8.00. The summed E-state index contributed by atoms with van der Waals surface area (Å²) in [5.74, 6) is 0.278. The lowest BCUT2D eigenvalue weighted by Crippen LogP contribution is -2.31. The minimum Gasteiger partial charge on any atom is -0.492 e. The standard InChI is InChI=1S/C18H19ClN2O3S/c1-21(10-11-24-14-8-6-13(19)7-9-14)18(23)15-4-2-3-5-16(15)25-12-17(20)22/h2-9H,10-12H2,1H3,(H2,20,22). The minimum atomic E-state index is -0.419. The molecule has 0 fully saturated rings. The van der Waals surface area contributed by atoms with Crippen molar-refractivity contribution < 1.29 is 14.3 Å². The summed E-state index contributed by atoms with van der Waals surface area (Å²) in [5, 5.41) is 0.643. The molecule has 0 radical (unpaired) electrons. The monoisotopic (exact) mass is 378 g/mol. The molecule has 25 heavy (non-hydrogen) atoms. The first-order valence-corrected chi connectivity index (χ1v) is 8.97. The Kier molecular flexibility index (Phi) is 7.16. The number of carbonyl (C=O) groups excluding carboxylic acids is 2. The highest BCUT2D eigenvalue weighted by Crippen LogP contribution is 2.23. The molecule has 0 aliphatic rings. The van der Waals surface area contributed by atoms with Crippen LogP contribution >= 0.6 is 23.4 Å². The highest BCUT2D eigenvalue weighted by Gasteiger charge is 2.16. The van der Waals surface area contributed by atoms with E-state index in [1.165, 1.54) is 11.8 Å². The number of rotatable bonds is 8. The van der Waals surface area contributed by atoms with Gasteiger partial charge < -0.3 is 15.4 Å². The Balaban J connectivity index is 1.93. The first kappa shape index (κ1) is 19.1. The van der Waals surface area contributed by atoms with Gasteiger partial charge in [-0.3, -0.25) is 9.59 Å². The Labute approximate surface area is 156 Å². The lowest BCUT2D eigenvalue weighted by atomic mass is 10.2. The van der Waals surface area contributed by atoms with E-state index in [0.717, 1.165) is 4.90 Å². The third kappa shape index (κ3) is 5.99. The van der Waals surface area contributed by atoms with Gasteiger partial charge in [-0.05, 0) is 36.4 Å². The molecular formula is C18H19ClN2O3S. The Morgan fingerprint density at radius 1 is 1.16 bits per heavy atom. The second-order valence-corrected chi connectivity index (χ2v) is 6.73. The fourth-order valence-corrected chi connectivity index (χ4v) is 2.97. The van der Waals surface area contributed by atoms with E-state index in [1.807, 2.05) is 6.07 Å². The average Bonchev–Trinajstić information content (AvgIpc) is 2.61. The Morgan fingerprint density at radius 3 is 2.52 bits per heavy atom. The minimum absolute atomic E-state index is 0.132. The number of nitrogens with zero attached hydrogens (tertiary/aromatic N) is 1. The molecule has 2 amide bonds. The number of hydrogen-bond acceptors (Lipinski definition) is 4. The molecule has 0 heterocycles. The molecule has 0 saturated carbocycles. The summed E-state index contributed by atoms with van der Waals surface area (Å²) in [7, 11) is 1.71. The maximum absolute atomic E-state index is 12.6. The second kappa shape index (κ2) is 9.34. The molecule has 0 bridgehead atoms. The summed E-state index contributed by atoms with van der Waals surface area (Å²) in [5.41, 5.74) is 5.72. The van der Waals surface area contributed by atoms with Gasteiger partial charge in [0.15, 0.2) is 0 Å². The predicted molar refractivity (Wildman–Crippen MR) is 100 cm³/mol. The van der Waals surface area contributed by atoms with Crippen LogP contribution < -0.4 is 10.5 Å². The molecule has 0 aromatic heterocycles. The zero-order valence-electron chi connectivity index (χ0n) is 13.8. The van der Waals surface area contributed by atoms with Gasteiger partial charge in [-0.2, -0.15) is 0 Å². The number of primary amides is 1. The predicted octanol–water partition coefficient (Wildman–Crippen LogP) is 3.07. The number of hydrogen-bond donors (Lipinski definition) is 1. The number of benzene rings is 2. The van der Waals surface area contributed by atoms with Crippen LogP contribution in [0.2, 0.25) is 5.02 Å². The molecule has 0 spiro atoms. The van der Waals surface area contributed by atoms with Crippen LogP contribution in [0.4, 0.5) is 0 Å². The molecule has 132 valence electrons. The number of carbonyl (C=O) groups is 2. The van der Waals surface area contributed by atoms with Crippen LogP contribution in [0.5, 0.6) is 5.75 Å². The second-order valence-electron chi connectivity index (χ2n) is 5.28. The van der Waals surface area contributed by atoms with E-state index in [9.17, 15) is 9.59 Å². The van der Waals surface area contributed by atoms with Crippen molar-refractivity contribution in [3.63, 3.8) is 0 Å². The van der Waals surface area contributed by atoms with E-state index >= 15 is 0 Å². The first-order chi connectivity index (χ1) is 12.0. The Bertz CT molecular complexity index is 737. The van der Waals surface area contributed by atoms with Crippen molar-refractivity contribution >= 4 is 35.2 Å². The number of likely N-dealkylation sites (N-methyl/N-ethyl adjacent to an activating group) is 1. The summed E-state index contributed by atoms with van der Waals surface area (Å²) in [6, 6.07) is 14.2. The molecule has 2 rings (SSSR count). The Hall–Kier alpha value is -2.18. The average molecular weight is 379 g/mol. The molecule has 0 aliphatic heterocycles. The van der Waals surface area contributed by atoms with Gasteiger partial charge in [0.1, 0.15) is 12.4 Å². The number of halogens is 1. The van der Waals surface area contributed by atoms with Crippen LogP contribution in [0.3, 0.4) is 0 Å². The number of nitrogens with two attached hydrogens (primary N) is 1. The van der Waals surface area contributed by atoms with E-state index < -0.39 is 5.91 Å². The molecule has 0 saturated heterocycles. The quantitative estimate of drug-likeness (QED) is 0.716. The summed E-state index contributed by atoms with van der Waals surface area (Å²) in [6.07, 6.45) is 0. The van der Waals surface area contributed by atoms with E-state index in [0.29, 0.717) is 29.5 Å². The molecule has 2 aromatic carbocycles. The summed E-state index contributed by atoms with van der Waals surface area (Å²) in [4.78, 5) is 25.9. The third-order valence-corrected chi connectivity index (χ3v) is 4.69. The molecule has 0 aliphatic carbocycles. The highest BCUT2D eigenvalue weighted by atomic mass is 35.5. The summed E-state index contributed by atoms with van der Waals surface area (Å²) >= 11 is 7.08. The number of amides is 2. The van der Waals surface area contributed by atoms with Crippen LogP contribution in [0.25, 0.3) is 0 Å². The molecule has 0 atom stereocenters. The van der Waals surface area contributed by atoms with Gasteiger partial charge in [-0.1, -0.05) is 23.7 Å². The first-order valence-electron chi connectivity index (χ1n) is 7.61. The van der Waals surface area contributed by atoms with Gasteiger partial charge in [0.05, 0.1) is 17.9 Å². The Morgan fingerprint density at radius 2 is 1.84 bits per heavy atom. The molecule has 5 nitrogen and oxygen atoms in total. The normalized spacial score (nSPS) is 10.3. The van der Waals surface area contributed by atoms with Crippen molar-refractivity contribution in [1.82, 2.24) is 4.90 Å². The maximum atomic E-state index is 12.6. The van der Waals surface area contributed by atoms with Gasteiger partial charge in [0, 0.05) is 17.0 Å². The fourth-order valence-electron chi connectivity index (χ4n) is 2.06. The van der Waals surface area contributed by atoms with Crippen molar-refractivity contribution in [1.29, 1.82) is 0 Å². The smallest absolute Gasteiger partial charge is 0.254 e. The van der Waals surface area contributed by atoms with Crippen molar-refractivity contribution in [2.24, 2.45) is 5.73 Å². The van der Waals surface area contributed by atoms with E-state index in [2.05, 4.69) is 0 Å². The van der Waals surface area contributed by atoms with Gasteiger partial charge in [-0.15, -0.1) is 11.8 Å². The SMILES string of the molecule is CN(CCOc1ccc(Cl)cc1)C(=O)c1ccccc1SCC(N)=O. The van der Waals surface area contributed by atoms with Crippen LogP contribution in [0.1, 0.15) is 10.4 Å². The van der Waals surface area contributed by atoms with E-state index in [-0.39, 0.29) is 11.7 Å². The van der Waals surface area contributed by atoms with Gasteiger partial charge in [-0.25, -0.2) is 0 Å². The maximum Gasteiger partial charge on any atom is 0.254 e. The summed E-state index contributed by atoms with van der Waals surface area (Å²) < 4.78 is 5.61. The van der Waals surface area contributed by atoms with Crippen LogP contribution in [0, 0.1) is 0 Å².